The molecule has 14 heterocycles. The summed E-state index contributed by atoms with van der Waals surface area (Å²) in [6.07, 6.45) is 50.8. The third-order valence-corrected chi connectivity index (χ3v) is 41.0. The molecule has 0 spiro atoms. The predicted octanol–water partition coefficient (Wildman–Crippen LogP) is 32.5. The smallest absolute Gasteiger partial charge is 0.0450 e. The number of piperidine rings is 14. The summed E-state index contributed by atoms with van der Waals surface area (Å²) in [5, 5.41) is 0. The van der Waals surface area contributed by atoms with E-state index in [1.54, 1.807) is 0 Å². The highest BCUT2D eigenvalue weighted by Crippen LogP contribution is 2.60. The largest absolute Gasteiger partial charge is 0.366 e. The van der Waals surface area contributed by atoms with Crippen LogP contribution in [0.2, 0.25) is 0 Å². The molecule has 0 atom stereocenters. The fourth-order valence-corrected chi connectivity index (χ4v) is 36.8. The lowest BCUT2D eigenvalue weighted by atomic mass is 9.63. The van der Waals surface area contributed by atoms with E-state index in [-0.39, 0.29) is 0 Å². The molecule has 14 aliphatic carbocycles. The molecule has 7 heteroatoms. The number of rotatable bonds is 13. The van der Waals surface area contributed by atoms with Crippen LogP contribution in [0.3, 0.4) is 0 Å². The third-order valence-electron chi connectivity index (χ3n) is 41.0. The van der Waals surface area contributed by atoms with E-state index < -0.39 is 0 Å². The first-order valence-electron chi connectivity index (χ1n) is 57.6. The highest BCUT2D eigenvalue weighted by atomic mass is 15.3. The maximum Gasteiger partial charge on any atom is 0.0450 e. The molecular formula is C135H151N7. The topological polar surface area (TPSA) is 22.7 Å². The first kappa shape index (κ1) is 88.9. The Balaban J connectivity index is 0.0000000842. The lowest BCUT2D eigenvalue weighted by Crippen LogP contribution is -2.58. The second-order valence-electron chi connectivity index (χ2n) is 50.0. The summed E-state index contributed by atoms with van der Waals surface area (Å²) < 4.78 is 0. The standard InChI is InChI=1S/C30H36N2.C27H27N.3C21H23N.C15H19N/c1-3-23(17-25(5-1)31-27-9-19-7-20(11-27)12-28(31)10-19)24-4-2-6-26(18-24)32-29-13-21-8-22(15-29)16-30(32)14-21;1-3-7-21(8-4-1)23-16-24(22-9-5-2-6-10-22)18-27(17-23)28-25-12-19-11-20(14-25)15-26(28)13-19;1-2-6-17(7-3-1)20-8-4-5-9-21(20)22-18-11-15-10-16(13-18)14-19(22)12-15;1-2-5-17(6-3-1)18-7-4-8-19(14-18)22-20-10-15-9-16(12-20)13-21(22)11-15;1-2-4-17(5-3-1)18-6-8-19(9-7-18)22-20-11-15-10-16(13-20)14-21(22)12-15;1-2-4-13(5-3-1)16-14-7-11-6-12(9-14)10-15(16)8-11/h1-6,17-22,27-30H,7-16H2;1-10,16-20,25-26H,11-15H2;1-9,15-16,18-19H,10-14H2;1-8,14-16,20-21H,9-13H2;1-9,15-16,20-21H,10-14H2;1-5,11-12,14-15H,6-10H2. The molecule has 14 saturated carbocycles. The Morgan fingerprint density at radius 1 is 0.113 bits per heavy atom. The van der Waals surface area contributed by atoms with Gasteiger partial charge in [0.15, 0.2) is 0 Å². The minimum atomic E-state index is 0.755. The van der Waals surface area contributed by atoms with E-state index >= 15 is 0 Å². The molecule has 28 aliphatic rings. The molecule has 0 radical (unpaired) electrons. The number of benzene rings is 12. The second kappa shape index (κ2) is 38.0. The Hall–Kier alpha value is -10.8. The van der Waals surface area contributed by atoms with Crippen LogP contribution in [0, 0.1) is 82.9 Å². The van der Waals surface area contributed by atoms with Crippen molar-refractivity contribution in [3.05, 3.63) is 322 Å². The summed E-state index contributed by atoms with van der Waals surface area (Å²) in [7, 11) is 0. The molecule has 7 nitrogen and oxygen atoms in total. The zero-order valence-corrected chi connectivity index (χ0v) is 84.1. The van der Waals surface area contributed by atoms with Crippen molar-refractivity contribution in [1.29, 1.82) is 0 Å². The Kier molecular flexibility index (Phi) is 23.8. The average molecular weight is 1870 g/mol. The van der Waals surface area contributed by atoms with Gasteiger partial charge in [-0.3, -0.25) is 0 Å². The third kappa shape index (κ3) is 17.5. The molecule has 28 bridgehead atoms. The van der Waals surface area contributed by atoms with Crippen molar-refractivity contribution in [3.8, 4) is 66.8 Å². The lowest BCUT2D eigenvalue weighted by Gasteiger charge is -2.57. The summed E-state index contributed by atoms with van der Waals surface area (Å²) in [5.41, 5.74) is 26.5. The van der Waals surface area contributed by atoms with Crippen molar-refractivity contribution < 1.29 is 0 Å². The maximum atomic E-state index is 2.83. The number of anilines is 7. The molecule has 726 valence electrons. The minimum Gasteiger partial charge on any atom is -0.366 e. The molecule has 40 rings (SSSR count). The molecule has 142 heavy (non-hydrogen) atoms. The zero-order valence-electron chi connectivity index (χ0n) is 84.1. The van der Waals surface area contributed by atoms with E-state index in [9.17, 15) is 0 Å². The summed E-state index contributed by atoms with van der Waals surface area (Å²) in [6, 6.07) is 130. The van der Waals surface area contributed by atoms with Crippen LogP contribution >= 0.6 is 0 Å². The van der Waals surface area contributed by atoms with Crippen LogP contribution < -0.4 is 34.3 Å². The van der Waals surface area contributed by atoms with Gasteiger partial charge in [-0.05, 0) is 454 Å². The fourth-order valence-electron chi connectivity index (χ4n) is 36.8. The monoisotopic (exact) mass is 1870 g/mol. The van der Waals surface area contributed by atoms with Crippen LogP contribution in [-0.4, -0.2) is 84.6 Å². The SMILES string of the molecule is c1cc(-c2cccc(N3C4CC5CC(C4)CC3C5)c2)cc(N2C3CC4CC(C3)CC2C4)c1.c1ccc(-c2cc(-c3ccccc3)cc(N3C4CC5CC(C4)CC3C5)c2)cc1.c1ccc(-c2ccc(N3C4CC5CC(C4)CC3C5)cc2)cc1.c1ccc(-c2cccc(N3C4CC5CC(C4)CC3C5)c2)cc1.c1ccc(-c2ccccc2N2C3CC4CC(C3)CC2C4)cc1.c1ccc(N2C3CC4CC(C3)CC2C4)cc1. The van der Waals surface area contributed by atoms with Gasteiger partial charge in [0.05, 0.1) is 0 Å². The van der Waals surface area contributed by atoms with Gasteiger partial charge in [0.1, 0.15) is 0 Å². The quantitative estimate of drug-likeness (QED) is 0.113. The van der Waals surface area contributed by atoms with E-state index in [0.717, 1.165) is 167 Å². The Bertz CT molecular complexity index is 6030. The van der Waals surface area contributed by atoms with E-state index in [1.165, 1.54) is 331 Å². The number of hydrogen-bond acceptors (Lipinski definition) is 7. The van der Waals surface area contributed by atoms with Crippen LogP contribution in [-0.2, 0) is 0 Å². The normalized spacial score (nSPS) is 34.4. The lowest BCUT2D eigenvalue weighted by molar-refractivity contribution is 0.0899. The summed E-state index contributed by atoms with van der Waals surface area (Å²) in [5.74, 6) is 14.3. The second-order valence-corrected chi connectivity index (χ2v) is 50.0. The van der Waals surface area contributed by atoms with Crippen molar-refractivity contribution in [3.63, 3.8) is 0 Å². The van der Waals surface area contributed by atoms with Crippen molar-refractivity contribution in [2.45, 2.75) is 309 Å². The van der Waals surface area contributed by atoms with E-state index in [4.69, 9.17) is 0 Å². The summed E-state index contributed by atoms with van der Waals surface area (Å²) in [4.78, 5) is 19.6. The van der Waals surface area contributed by atoms with Gasteiger partial charge in [-0.1, -0.05) is 237 Å². The molecule has 14 saturated heterocycles. The van der Waals surface area contributed by atoms with Crippen molar-refractivity contribution in [2.75, 3.05) is 34.3 Å². The van der Waals surface area contributed by atoms with Gasteiger partial charge in [0, 0.05) is 130 Å². The molecular weight excluding hydrogens is 1720 g/mol. The maximum absolute atomic E-state index is 2.83. The molecule has 0 aromatic heterocycles. The highest BCUT2D eigenvalue weighted by molar-refractivity contribution is 5.82. The molecule has 28 fully saturated rings. The zero-order chi connectivity index (χ0) is 93.4. The Morgan fingerprint density at radius 3 is 0.585 bits per heavy atom. The first-order chi connectivity index (χ1) is 70.1. The number of nitrogens with zero attached hydrogens (tertiary/aromatic N) is 7. The van der Waals surface area contributed by atoms with Crippen molar-refractivity contribution in [1.82, 2.24) is 0 Å². The van der Waals surface area contributed by atoms with Crippen LogP contribution in [0.4, 0.5) is 39.8 Å². The van der Waals surface area contributed by atoms with E-state index in [0.29, 0.717) is 0 Å². The summed E-state index contributed by atoms with van der Waals surface area (Å²) >= 11 is 0. The Morgan fingerprint density at radius 2 is 0.296 bits per heavy atom. The number of hydrogen-bond donors (Lipinski definition) is 0. The van der Waals surface area contributed by atoms with Crippen LogP contribution in [0.5, 0.6) is 0 Å². The first-order valence-corrected chi connectivity index (χ1v) is 57.6. The molecule has 14 aliphatic heterocycles. The minimum absolute atomic E-state index is 0.755. The van der Waals surface area contributed by atoms with E-state index in [2.05, 4.69) is 356 Å². The van der Waals surface area contributed by atoms with Gasteiger partial charge >= 0.3 is 0 Å². The molecule has 12 aromatic rings. The van der Waals surface area contributed by atoms with Crippen molar-refractivity contribution in [2.24, 2.45) is 82.9 Å². The van der Waals surface area contributed by atoms with Crippen LogP contribution in [0.15, 0.2) is 322 Å². The van der Waals surface area contributed by atoms with E-state index in [1.807, 2.05) is 0 Å². The Labute approximate surface area is 848 Å². The van der Waals surface area contributed by atoms with Gasteiger partial charge < -0.3 is 34.3 Å². The number of para-hydroxylation sites is 2. The van der Waals surface area contributed by atoms with Gasteiger partial charge in [-0.2, -0.15) is 0 Å². The average Bonchev–Trinajstić information content (AvgIpc) is 0.768. The van der Waals surface area contributed by atoms with Gasteiger partial charge in [-0.25, -0.2) is 0 Å². The highest BCUT2D eigenvalue weighted by Gasteiger charge is 2.55. The summed E-state index contributed by atoms with van der Waals surface area (Å²) in [6.45, 7) is 0. The van der Waals surface area contributed by atoms with Gasteiger partial charge in [-0.15, -0.1) is 0 Å². The van der Waals surface area contributed by atoms with Gasteiger partial charge in [0.2, 0.25) is 0 Å². The van der Waals surface area contributed by atoms with Crippen molar-refractivity contribution >= 4 is 39.8 Å². The molecule has 0 N–H and O–H groups in total. The predicted molar refractivity (Wildman–Crippen MR) is 592 cm³/mol. The van der Waals surface area contributed by atoms with Gasteiger partial charge in [0.25, 0.3) is 0 Å². The van der Waals surface area contributed by atoms with Crippen LogP contribution in [0.25, 0.3) is 66.8 Å². The molecule has 0 amide bonds. The molecule has 12 aromatic carbocycles. The van der Waals surface area contributed by atoms with Crippen LogP contribution in [0.1, 0.15) is 225 Å². The fraction of sp³-hybridized carbons (Fsp3) is 0.467. The molecule has 0 unspecified atom stereocenters.